The van der Waals surface area contributed by atoms with Gasteiger partial charge in [-0.3, -0.25) is 0 Å². The largest absolute Gasteiger partial charge is 0.103 e. The molecule has 0 amide bonds. The zero-order valence-corrected chi connectivity index (χ0v) is 13.3. The van der Waals surface area contributed by atoms with E-state index in [1.165, 1.54) is 5.56 Å². The van der Waals surface area contributed by atoms with Crippen LogP contribution in [0.4, 0.5) is 0 Å². The summed E-state index contributed by atoms with van der Waals surface area (Å²) in [5, 5.41) is 0. The first kappa shape index (κ1) is 22.4. The van der Waals surface area contributed by atoms with Crippen LogP contribution in [0.2, 0.25) is 0 Å². The van der Waals surface area contributed by atoms with E-state index < -0.39 is 0 Å². The molecular formula is C19H30. The van der Waals surface area contributed by atoms with Crippen molar-refractivity contribution in [1.82, 2.24) is 0 Å². The molecule has 0 spiro atoms. The van der Waals surface area contributed by atoms with E-state index in [4.69, 9.17) is 0 Å². The standard InChI is InChI=1S/C12H12.C3H6.2C2H6/c1-3-8-11(4-2)12-9-6-5-7-10-12;1-3-2;2*1-2/h3-10H,1-2H2;3H,1H2,2H3;2*1-2H3/b11-8+;;;. The summed E-state index contributed by atoms with van der Waals surface area (Å²) in [6, 6.07) is 10.1. The third-order valence-corrected chi connectivity index (χ3v) is 1.62. The molecule has 1 aromatic carbocycles. The van der Waals surface area contributed by atoms with Crippen LogP contribution in [0.5, 0.6) is 0 Å². The highest BCUT2D eigenvalue weighted by molar-refractivity contribution is 5.74. The Balaban J connectivity index is -0.000000313. The first-order valence-corrected chi connectivity index (χ1v) is 6.87. The van der Waals surface area contributed by atoms with Crippen LogP contribution >= 0.6 is 0 Å². The zero-order chi connectivity index (χ0) is 15.5. The maximum Gasteiger partial charge on any atom is -0.0184 e. The summed E-state index contributed by atoms with van der Waals surface area (Å²) in [5.74, 6) is 0. The third-order valence-electron chi connectivity index (χ3n) is 1.62. The molecule has 0 radical (unpaired) electrons. The summed E-state index contributed by atoms with van der Waals surface area (Å²) in [6.07, 6.45) is 7.30. The average Bonchev–Trinajstić information content (AvgIpc) is 2.50. The van der Waals surface area contributed by atoms with Gasteiger partial charge in [0.15, 0.2) is 0 Å². The average molecular weight is 258 g/mol. The van der Waals surface area contributed by atoms with Gasteiger partial charge in [0.1, 0.15) is 0 Å². The molecule has 1 rings (SSSR count). The summed E-state index contributed by atoms with van der Waals surface area (Å²) in [5.41, 5.74) is 2.28. The van der Waals surface area contributed by atoms with Crippen molar-refractivity contribution < 1.29 is 0 Å². The van der Waals surface area contributed by atoms with Gasteiger partial charge in [0.25, 0.3) is 0 Å². The van der Waals surface area contributed by atoms with E-state index in [0.717, 1.165) is 5.57 Å². The number of hydrogen-bond acceptors (Lipinski definition) is 0. The second kappa shape index (κ2) is 21.5. The Labute approximate surface area is 120 Å². The lowest BCUT2D eigenvalue weighted by atomic mass is 10.1. The van der Waals surface area contributed by atoms with Crippen LogP contribution in [-0.2, 0) is 0 Å². The zero-order valence-electron chi connectivity index (χ0n) is 13.3. The number of benzene rings is 1. The van der Waals surface area contributed by atoms with E-state index in [1.54, 1.807) is 12.2 Å². The molecule has 0 N–H and O–H groups in total. The van der Waals surface area contributed by atoms with Crippen LogP contribution in [0.15, 0.2) is 74.4 Å². The first-order valence-electron chi connectivity index (χ1n) is 6.87. The molecule has 19 heavy (non-hydrogen) atoms. The van der Waals surface area contributed by atoms with E-state index in [2.05, 4.69) is 31.9 Å². The van der Waals surface area contributed by atoms with Crippen molar-refractivity contribution in [3.63, 3.8) is 0 Å². The Kier molecular flexibility index (Phi) is 25.3. The predicted molar refractivity (Wildman–Crippen MR) is 93.4 cm³/mol. The maximum atomic E-state index is 3.74. The summed E-state index contributed by atoms with van der Waals surface area (Å²) in [7, 11) is 0. The summed E-state index contributed by atoms with van der Waals surface area (Å²) in [6.45, 7) is 20.6. The molecule has 0 heterocycles. The molecule has 0 aliphatic heterocycles. The molecule has 0 aliphatic carbocycles. The van der Waals surface area contributed by atoms with Crippen molar-refractivity contribution in [2.45, 2.75) is 34.6 Å². The second-order valence-electron chi connectivity index (χ2n) is 2.84. The highest BCUT2D eigenvalue weighted by Gasteiger charge is 1.92. The molecule has 0 aliphatic rings. The first-order chi connectivity index (χ1) is 9.29. The Morgan fingerprint density at radius 3 is 1.63 bits per heavy atom. The van der Waals surface area contributed by atoms with Gasteiger partial charge in [-0.25, -0.2) is 0 Å². The molecule has 1 aromatic rings. The van der Waals surface area contributed by atoms with E-state index in [0.29, 0.717) is 0 Å². The summed E-state index contributed by atoms with van der Waals surface area (Å²) < 4.78 is 0. The highest BCUT2D eigenvalue weighted by Crippen LogP contribution is 2.14. The van der Waals surface area contributed by atoms with Crippen LogP contribution < -0.4 is 0 Å². The summed E-state index contributed by atoms with van der Waals surface area (Å²) >= 11 is 0. The molecule has 0 atom stereocenters. The lowest BCUT2D eigenvalue weighted by Crippen LogP contribution is -1.77. The molecule has 0 saturated heterocycles. The van der Waals surface area contributed by atoms with Crippen LogP contribution in [0.25, 0.3) is 5.57 Å². The normalized spacial score (nSPS) is 8.16. The molecule has 106 valence electrons. The van der Waals surface area contributed by atoms with Crippen LogP contribution in [0.1, 0.15) is 40.2 Å². The second-order valence-corrected chi connectivity index (χ2v) is 2.84. The van der Waals surface area contributed by atoms with E-state index >= 15 is 0 Å². The molecule has 0 unspecified atom stereocenters. The quantitative estimate of drug-likeness (QED) is 0.418. The van der Waals surface area contributed by atoms with Gasteiger partial charge in [-0.2, -0.15) is 0 Å². The van der Waals surface area contributed by atoms with E-state index in [1.807, 2.05) is 65.0 Å². The van der Waals surface area contributed by atoms with Crippen molar-refractivity contribution in [2.75, 3.05) is 0 Å². The van der Waals surface area contributed by atoms with Crippen molar-refractivity contribution >= 4 is 5.57 Å². The summed E-state index contributed by atoms with van der Waals surface area (Å²) in [4.78, 5) is 0. The highest BCUT2D eigenvalue weighted by atomic mass is 14.0. The molecule has 0 fully saturated rings. The van der Waals surface area contributed by atoms with E-state index in [-0.39, 0.29) is 0 Å². The van der Waals surface area contributed by atoms with Crippen LogP contribution in [-0.4, -0.2) is 0 Å². The Bertz CT molecular complexity index is 328. The van der Waals surface area contributed by atoms with Crippen LogP contribution in [0, 0.1) is 0 Å². The van der Waals surface area contributed by atoms with Gasteiger partial charge in [-0.1, -0.05) is 95.5 Å². The molecule has 0 heteroatoms. The lowest BCUT2D eigenvalue weighted by Gasteiger charge is -1.99. The number of allylic oxidation sites excluding steroid dienone is 5. The minimum Gasteiger partial charge on any atom is -0.103 e. The monoisotopic (exact) mass is 258 g/mol. The van der Waals surface area contributed by atoms with Gasteiger partial charge in [-0.05, 0) is 18.1 Å². The molecule has 0 aromatic heterocycles. The van der Waals surface area contributed by atoms with Gasteiger partial charge in [0.2, 0.25) is 0 Å². The van der Waals surface area contributed by atoms with Gasteiger partial charge < -0.3 is 0 Å². The molecule has 0 bridgehead atoms. The predicted octanol–water partition coefficient (Wildman–Crippen LogP) is 6.69. The van der Waals surface area contributed by atoms with Gasteiger partial charge >= 0.3 is 0 Å². The molecule has 0 nitrogen and oxygen atoms in total. The van der Waals surface area contributed by atoms with Crippen molar-refractivity contribution in [1.29, 1.82) is 0 Å². The number of rotatable bonds is 3. The Hall–Kier alpha value is -1.82. The Morgan fingerprint density at radius 1 is 0.895 bits per heavy atom. The van der Waals surface area contributed by atoms with Crippen molar-refractivity contribution in [3.05, 3.63) is 79.9 Å². The maximum absolute atomic E-state index is 3.74. The van der Waals surface area contributed by atoms with Gasteiger partial charge in [0.05, 0.1) is 0 Å². The third kappa shape index (κ3) is 14.1. The smallest absolute Gasteiger partial charge is 0.0184 e. The SMILES string of the molecule is C=C/C=C(\C=C)c1ccccc1.C=CC.CC.CC. The van der Waals surface area contributed by atoms with Crippen LogP contribution in [0.3, 0.4) is 0 Å². The van der Waals surface area contributed by atoms with Gasteiger partial charge in [0, 0.05) is 0 Å². The topological polar surface area (TPSA) is 0 Å². The fourth-order valence-corrected chi connectivity index (χ4v) is 1.04. The van der Waals surface area contributed by atoms with E-state index in [9.17, 15) is 0 Å². The minimum atomic E-state index is 1.10. The molecule has 0 saturated carbocycles. The fourth-order valence-electron chi connectivity index (χ4n) is 1.04. The lowest BCUT2D eigenvalue weighted by molar-refractivity contribution is 1.50. The number of hydrogen-bond donors (Lipinski definition) is 0. The Morgan fingerprint density at radius 2 is 1.32 bits per heavy atom. The van der Waals surface area contributed by atoms with Crippen molar-refractivity contribution in [2.24, 2.45) is 0 Å². The minimum absolute atomic E-state index is 1.10. The van der Waals surface area contributed by atoms with Crippen molar-refractivity contribution in [3.8, 4) is 0 Å². The van der Waals surface area contributed by atoms with Gasteiger partial charge in [-0.15, -0.1) is 6.58 Å². The fraction of sp³-hybridized carbons (Fsp3) is 0.263. The molecular weight excluding hydrogens is 228 g/mol.